The van der Waals surface area contributed by atoms with Crippen molar-refractivity contribution in [1.82, 2.24) is 10.0 Å². The summed E-state index contributed by atoms with van der Waals surface area (Å²) in [6.45, 7) is 6.68. The Balaban J connectivity index is 2.15. The van der Waals surface area contributed by atoms with E-state index in [0.29, 0.717) is 37.5 Å². The third-order valence-electron chi connectivity index (χ3n) is 3.76. The standard InChI is InChI=1S/C15H24N2O3S/c1-3-16-12-13-5-4-6-14(11-13)21(18,19)17-15(2)7-9-20-10-8-15/h4-6,11,16-17H,3,7-10,12H2,1-2H3. The zero-order valence-corrected chi connectivity index (χ0v) is 13.5. The van der Waals surface area contributed by atoms with Crippen LogP contribution >= 0.6 is 0 Å². The van der Waals surface area contributed by atoms with E-state index in [0.717, 1.165) is 12.1 Å². The van der Waals surface area contributed by atoms with Gasteiger partial charge < -0.3 is 10.1 Å². The maximum absolute atomic E-state index is 12.6. The van der Waals surface area contributed by atoms with Gasteiger partial charge in [-0.05, 0) is 44.0 Å². The number of hydrogen-bond donors (Lipinski definition) is 2. The Morgan fingerprint density at radius 3 is 2.67 bits per heavy atom. The van der Waals surface area contributed by atoms with Gasteiger partial charge in [-0.1, -0.05) is 19.1 Å². The first kappa shape index (κ1) is 16.4. The van der Waals surface area contributed by atoms with Gasteiger partial charge in [0.1, 0.15) is 0 Å². The number of benzene rings is 1. The zero-order chi connectivity index (χ0) is 15.3. The van der Waals surface area contributed by atoms with Crippen LogP contribution in [0.4, 0.5) is 0 Å². The predicted octanol–water partition coefficient (Wildman–Crippen LogP) is 1.64. The quantitative estimate of drug-likeness (QED) is 0.838. The molecule has 1 aliphatic rings. The van der Waals surface area contributed by atoms with Crippen molar-refractivity contribution in [3.05, 3.63) is 29.8 Å². The van der Waals surface area contributed by atoms with Crippen LogP contribution in [0.25, 0.3) is 0 Å². The fraction of sp³-hybridized carbons (Fsp3) is 0.600. The molecule has 2 N–H and O–H groups in total. The Hall–Kier alpha value is -0.950. The van der Waals surface area contributed by atoms with Crippen molar-refractivity contribution >= 4 is 10.0 Å². The van der Waals surface area contributed by atoms with Crippen LogP contribution in [0.1, 0.15) is 32.3 Å². The highest BCUT2D eigenvalue weighted by molar-refractivity contribution is 7.89. The summed E-state index contributed by atoms with van der Waals surface area (Å²) in [5.41, 5.74) is 0.547. The average Bonchev–Trinajstić information content (AvgIpc) is 2.45. The number of sulfonamides is 1. The largest absolute Gasteiger partial charge is 0.381 e. The van der Waals surface area contributed by atoms with Crippen molar-refractivity contribution < 1.29 is 13.2 Å². The van der Waals surface area contributed by atoms with E-state index in [-0.39, 0.29) is 0 Å². The van der Waals surface area contributed by atoms with E-state index in [2.05, 4.69) is 10.0 Å². The minimum absolute atomic E-state index is 0.325. The van der Waals surface area contributed by atoms with Crippen LogP contribution in [0.3, 0.4) is 0 Å². The minimum Gasteiger partial charge on any atom is -0.381 e. The van der Waals surface area contributed by atoms with Crippen molar-refractivity contribution in [2.75, 3.05) is 19.8 Å². The van der Waals surface area contributed by atoms with Gasteiger partial charge in [0.05, 0.1) is 4.90 Å². The zero-order valence-electron chi connectivity index (χ0n) is 12.7. The van der Waals surface area contributed by atoms with Crippen LogP contribution < -0.4 is 10.0 Å². The molecular formula is C15H24N2O3S. The summed E-state index contributed by atoms with van der Waals surface area (Å²) in [5.74, 6) is 0. The van der Waals surface area contributed by atoms with Crippen molar-refractivity contribution in [3.8, 4) is 0 Å². The van der Waals surface area contributed by atoms with Gasteiger partial charge in [0.15, 0.2) is 0 Å². The van der Waals surface area contributed by atoms with Gasteiger partial charge in [0.2, 0.25) is 10.0 Å². The van der Waals surface area contributed by atoms with E-state index < -0.39 is 15.6 Å². The summed E-state index contributed by atoms with van der Waals surface area (Å²) in [4.78, 5) is 0.325. The van der Waals surface area contributed by atoms with Crippen LogP contribution in [0.2, 0.25) is 0 Å². The van der Waals surface area contributed by atoms with Crippen LogP contribution in [0.15, 0.2) is 29.2 Å². The smallest absolute Gasteiger partial charge is 0.241 e. The molecule has 118 valence electrons. The van der Waals surface area contributed by atoms with Crippen molar-refractivity contribution in [2.24, 2.45) is 0 Å². The molecule has 0 bridgehead atoms. The summed E-state index contributed by atoms with van der Waals surface area (Å²) in [6, 6.07) is 7.08. The fourth-order valence-corrected chi connectivity index (χ4v) is 3.93. The lowest BCUT2D eigenvalue weighted by molar-refractivity contribution is 0.0537. The summed E-state index contributed by atoms with van der Waals surface area (Å²) in [5, 5.41) is 3.20. The normalized spacial score (nSPS) is 18.6. The van der Waals surface area contributed by atoms with E-state index in [4.69, 9.17) is 4.74 Å². The highest BCUT2D eigenvalue weighted by Gasteiger charge is 2.32. The number of ether oxygens (including phenoxy) is 1. The second kappa shape index (κ2) is 6.87. The SMILES string of the molecule is CCNCc1cccc(S(=O)(=O)NC2(C)CCOCC2)c1. The second-order valence-corrected chi connectivity index (χ2v) is 7.39. The van der Waals surface area contributed by atoms with Crippen LogP contribution in [0.5, 0.6) is 0 Å². The molecule has 0 radical (unpaired) electrons. The van der Waals surface area contributed by atoms with E-state index in [1.807, 2.05) is 19.9 Å². The Morgan fingerprint density at radius 1 is 1.29 bits per heavy atom. The van der Waals surface area contributed by atoms with E-state index in [1.165, 1.54) is 0 Å². The summed E-state index contributed by atoms with van der Waals surface area (Å²) in [6.07, 6.45) is 1.40. The lowest BCUT2D eigenvalue weighted by atomic mass is 9.94. The van der Waals surface area contributed by atoms with E-state index in [9.17, 15) is 8.42 Å². The molecule has 0 spiro atoms. The van der Waals surface area contributed by atoms with Gasteiger partial charge in [0.25, 0.3) is 0 Å². The molecule has 1 aromatic rings. The lowest BCUT2D eigenvalue weighted by Crippen LogP contribution is -2.49. The third kappa shape index (κ3) is 4.51. The molecule has 6 heteroatoms. The Morgan fingerprint density at radius 2 is 2.00 bits per heavy atom. The molecule has 1 aliphatic heterocycles. The number of nitrogens with one attached hydrogen (secondary N) is 2. The third-order valence-corrected chi connectivity index (χ3v) is 5.40. The maximum atomic E-state index is 12.6. The van der Waals surface area contributed by atoms with Gasteiger partial charge in [-0.3, -0.25) is 0 Å². The van der Waals surface area contributed by atoms with E-state index >= 15 is 0 Å². The Bertz CT molecular complexity index is 566. The summed E-state index contributed by atoms with van der Waals surface area (Å²) >= 11 is 0. The first-order valence-electron chi connectivity index (χ1n) is 7.37. The average molecular weight is 312 g/mol. The highest BCUT2D eigenvalue weighted by Crippen LogP contribution is 2.23. The first-order chi connectivity index (χ1) is 9.95. The first-order valence-corrected chi connectivity index (χ1v) is 8.85. The molecule has 0 aliphatic carbocycles. The van der Waals surface area contributed by atoms with Gasteiger partial charge in [-0.2, -0.15) is 0 Å². The molecule has 1 fully saturated rings. The van der Waals surface area contributed by atoms with Crippen molar-refractivity contribution in [3.63, 3.8) is 0 Å². The van der Waals surface area contributed by atoms with Crippen molar-refractivity contribution in [1.29, 1.82) is 0 Å². The topological polar surface area (TPSA) is 67.4 Å². The molecule has 0 aromatic heterocycles. The predicted molar refractivity (Wildman–Crippen MR) is 82.6 cm³/mol. The molecule has 21 heavy (non-hydrogen) atoms. The summed E-state index contributed by atoms with van der Waals surface area (Å²) in [7, 11) is -3.50. The van der Waals surface area contributed by atoms with E-state index in [1.54, 1.807) is 18.2 Å². The minimum atomic E-state index is -3.50. The molecule has 1 heterocycles. The van der Waals surface area contributed by atoms with Gasteiger partial charge in [0, 0.05) is 25.3 Å². The Labute approximate surface area is 127 Å². The molecular weight excluding hydrogens is 288 g/mol. The van der Waals surface area contributed by atoms with Crippen LogP contribution in [0, 0.1) is 0 Å². The maximum Gasteiger partial charge on any atom is 0.241 e. The molecule has 2 rings (SSSR count). The summed E-state index contributed by atoms with van der Waals surface area (Å²) < 4.78 is 33.3. The van der Waals surface area contributed by atoms with Gasteiger partial charge in [-0.25, -0.2) is 13.1 Å². The molecule has 0 saturated carbocycles. The highest BCUT2D eigenvalue weighted by atomic mass is 32.2. The number of hydrogen-bond acceptors (Lipinski definition) is 4. The molecule has 1 aromatic carbocycles. The van der Waals surface area contributed by atoms with Gasteiger partial charge >= 0.3 is 0 Å². The lowest BCUT2D eigenvalue weighted by Gasteiger charge is -2.34. The fourth-order valence-electron chi connectivity index (χ4n) is 2.40. The van der Waals surface area contributed by atoms with Gasteiger partial charge in [-0.15, -0.1) is 0 Å². The van der Waals surface area contributed by atoms with Crippen LogP contribution in [-0.4, -0.2) is 33.7 Å². The number of rotatable bonds is 6. The van der Waals surface area contributed by atoms with Crippen molar-refractivity contribution in [2.45, 2.75) is 43.7 Å². The Kier molecular flexibility index (Phi) is 5.37. The molecule has 0 unspecified atom stereocenters. The molecule has 0 atom stereocenters. The van der Waals surface area contributed by atoms with Crippen LogP contribution in [-0.2, 0) is 21.3 Å². The molecule has 0 amide bonds. The monoisotopic (exact) mass is 312 g/mol. The molecule has 5 nitrogen and oxygen atoms in total. The molecule has 1 saturated heterocycles. The second-order valence-electron chi connectivity index (χ2n) is 5.71.